The van der Waals surface area contributed by atoms with Crippen LogP contribution in [0.25, 0.3) is 0 Å². The number of rotatable bonds is 6. The van der Waals surface area contributed by atoms with Gasteiger partial charge in [-0.25, -0.2) is 0 Å². The number of anilines is 1. The van der Waals surface area contributed by atoms with Crippen molar-refractivity contribution in [2.45, 2.75) is 12.5 Å². The first-order valence-electron chi connectivity index (χ1n) is 5.28. The molecule has 1 aromatic rings. The van der Waals surface area contributed by atoms with Gasteiger partial charge in [-0.3, -0.25) is 4.79 Å². The molecule has 0 bridgehead atoms. The summed E-state index contributed by atoms with van der Waals surface area (Å²) in [6.45, 7) is 0.0918. The Labute approximate surface area is 104 Å². The number of aliphatic hydroxyl groups is 1. The molecule has 6 nitrogen and oxygen atoms in total. The molecule has 3 N–H and O–H groups in total. The number of aliphatic carboxylic acids is 1. The Hall–Kier alpha value is -2.26. The first-order valence-corrected chi connectivity index (χ1v) is 5.28. The van der Waals surface area contributed by atoms with Crippen LogP contribution in [0.3, 0.4) is 0 Å². The Morgan fingerprint density at radius 1 is 1.61 bits per heavy atom. The van der Waals surface area contributed by atoms with Gasteiger partial charge in [0, 0.05) is 12.6 Å². The number of hydrogen-bond donors (Lipinski definition) is 3. The third-order valence-corrected chi connectivity index (χ3v) is 2.27. The lowest BCUT2D eigenvalue weighted by Crippen LogP contribution is -2.22. The van der Waals surface area contributed by atoms with E-state index < -0.39 is 12.1 Å². The van der Waals surface area contributed by atoms with Crippen LogP contribution in [0.15, 0.2) is 18.2 Å². The number of nitrogens with one attached hydrogen (secondary N) is 1. The number of methoxy groups -OCH3 is 1. The van der Waals surface area contributed by atoms with Gasteiger partial charge in [0.2, 0.25) is 0 Å². The van der Waals surface area contributed by atoms with Gasteiger partial charge >= 0.3 is 5.97 Å². The third kappa shape index (κ3) is 3.96. The number of benzene rings is 1. The molecule has 96 valence electrons. The van der Waals surface area contributed by atoms with Crippen LogP contribution in [0.2, 0.25) is 0 Å². The summed E-state index contributed by atoms with van der Waals surface area (Å²) in [5.74, 6) is -0.590. The Kier molecular flexibility index (Phi) is 4.96. The fourth-order valence-corrected chi connectivity index (χ4v) is 1.41. The maximum Gasteiger partial charge on any atom is 0.306 e. The van der Waals surface area contributed by atoms with Gasteiger partial charge in [0.15, 0.2) is 0 Å². The summed E-state index contributed by atoms with van der Waals surface area (Å²) in [4.78, 5) is 10.4. The quantitative estimate of drug-likeness (QED) is 0.690. The molecule has 0 aromatic heterocycles. The second-order valence-electron chi connectivity index (χ2n) is 3.66. The lowest BCUT2D eigenvalue weighted by molar-refractivity contribution is -0.138. The molecular weight excluding hydrogens is 236 g/mol. The lowest BCUT2D eigenvalue weighted by atomic mass is 10.2. The zero-order valence-corrected chi connectivity index (χ0v) is 9.88. The zero-order valence-electron chi connectivity index (χ0n) is 9.88. The van der Waals surface area contributed by atoms with Crippen molar-refractivity contribution in [2.24, 2.45) is 0 Å². The van der Waals surface area contributed by atoms with E-state index in [1.165, 1.54) is 7.11 Å². The van der Waals surface area contributed by atoms with Crippen LogP contribution in [0, 0.1) is 11.3 Å². The molecule has 6 heteroatoms. The molecule has 1 unspecified atom stereocenters. The molecule has 18 heavy (non-hydrogen) atoms. The summed E-state index contributed by atoms with van der Waals surface area (Å²) in [6, 6.07) is 6.80. The first-order chi connectivity index (χ1) is 8.56. The van der Waals surface area contributed by atoms with Gasteiger partial charge in [-0.15, -0.1) is 0 Å². The van der Waals surface area contributed by atoms with Crippen molar-refractivity contribution >= 4 is 11.7 Å². The summed E-state index contributed by atoms with van der Waals surface area (Å²) < 4.78 is 5.09. The molecule has 1 rings (SSSR count). The monoisotopic (exact) mass is 250 g/mol. The second-order valence-corrected chi connectivity index (χ2v) is 3.66. The number of carboxylic acids is 1. The zero-order chi connectivity index (χ0) is 13.5. The van der Waals surface area contributed by atoms with E-state index in [0.29, 0.717) is 17.0 Å². The Morgan fingerprint density at radius 2 is 2.33 bits per heavy atom. The molecule has 1 atom stereocenters. The molecule has 1 aromatic carbocycles. The molecule has 0 saturated heterocycles. The minimum atomic E-state index is -1.06. The van der Waals surface area contributed by atoms with Gasteiger partial charge in [0.05, 0.1) is 37.0 Å². The fourth-order valence-electron chi connectivity index (χ4n) is 1.41. The number of nitrogens with zero attached hydrogens (tertiary/aromatic N) is 1. The standard InChI is InChI=1S/C12H14N2O4/c1-18-11-4-8(6-13)2-3-10(11)14-7-9(15)5-12(16)17/h2-4,9,14-15H,5,7H2,1H3,(H,16,17). The van der Waals surface area contributed by atoms with E-state index in [-0.39, 0.29) is 13.0 Å². The van der Waals surface area contributed by atoms with Crippen LogP contribution >= 0.6 is 0 Å². The molecule has 0 fully saturated rings. The predicted octanol–water partition coefficient (Wildman–Crippen LogP) is 0.814. The van der Waals surface area contributed by atoms with Crippen LogP contribution in [0.4, 0.5) is 5.69 Å². The van der Waals surface area contributed by atoms with Crippen LogP contribution in [0.5, 0.6) is 5.75 Å². The fraction of sp³-hybridized carbons (Fsp3) is 0.333. The Morgan fingerprint density at radius 3 is 2.89 bits per heavy atom. The van der Waals surface area contributed by atoms with Gasteiger partial charge < -0.3 is 20.3 Å². The molecule has 0 saturated carbocycles. The highest BCUT2D eigenvalue weighted by Crippen LogP contribution is 2.25. The van der Waals surface area contributed by atoms with E-state index in [2.05, 4.69) is 5.32 Å². The average molecular weight is 250 g/mol. The molecule has 0 aliphatic heterocycles. The minimum absolute atomic E-state index is 0.0918. The summed E-state index contributed by atoms with van der Waals surface area (Å²) >= 11 is 0. The molecule has 0 radical (unpaired) electrons. The maximum absolute atomic E-state index is 10.4. The smallest absolute Gasteiger partial charge is 0.306 e. The summed E-state index contributed by atoms with van der Waals surface area (Å²) in [7, 11) is 1.47. The van der Waals surface area contributed by atoms with Crippen molar-refractivity contribution in [2.75, 3.05) is 19.0 Å². The first kappa shape index (κ1) is 13.8. The number of ether oxygens (including phenoxy) is 1. The van der Waals surface area contributed by atoms with E-state index in [1.54, 1.807) is 18.2 Å². The highest BCUT2D eigenvalue weighted by Gasteiger charge is 2.10. The second kappa shape index (κ2) is 6.47. The van der Waals surface area contributed by atoms with E-state index in [9.17, 15) is 9.90 Å². The van der Waals surface area contributed by atoms with Gasteiger partial charge in [-0.05, 0) is 12.1 Å². The van der Waals surface area contributed by atoms with Gasteiger partial charge in [0.1, 0.15) is 5.75 Å². The average Bonchev–Trinajstić information content (AvgIpc) is 2.35. The van der Waals surface area contributed by atoms with Crippen LogP contribution in [-0.2, 0) is 4.79 Å². The molecule has 0 amide bonds. The Bertz CT molecular complexity index is 468. The van der Waals surface area contributed by atoms with Gasteiger partial charge in [-0.1, -0.05) is 0 Å². The maximum atomic E-state index is 10.4. The van der Waals surface area contributed by atoms with E-state index >= 15 is 0 Å². The Balaban J connectivity index is 2.67. The number of aliphatic hydroxyl groups excluding tert-OH is 1. The topological polar surface area (TPSA) is 103 Å². The molecule has 0 heterocycles. The molecule has 0 spiro atoms. The number of nitriles is 1. The number of hydrogen-bond acceptors (Lipinski definition) is 5. The van der Waals surface area contributed by atoms with Crippen LogP contribution < -0.4 is 10.1 Å². The van der Waals surface area contributed by atoms with Crippen LogP contribution in [-0.4, -0.2) is 35.9 Å². The number of carboxylic acid groups (broad SMARTS) is 1. The highest BCUT2D eigenvalue weighted by molar-refractivity contribution is 5.67. The molecule has 0 aliphatic rings. The highest BCUT2D eigenvalue weighted by atomic mass is 16.5. The number of carbonyl (C=O) groups is 1. The summed E-state index contributed by atoms with van der Waals surface area (Å²) in [5, 5.41) is 29.5. The van der Waals surface area contributed by atoms with Gasteiger partial charge in [0.25, 0.3) is 0 Å². The van der Waals surface area contributed by atoms with E-state index in [4.69, 9.17) is 15.1 Å². The normalized spacial score (nSPS) is 11.4. The summed E-state index contributed by atoms with van der Waals surface area (Å²) in [6.07, 6.45) is -1.31. The van der Waals surface area contributed by atoms with E-state index in [0.717, 1.165) is 0 Å². The van der Waals surface area contributed by atoms with Crippen molar-refractivity contribution in [1.29, 1.82) is 5.26 Å². The predicted molar refractivity (Wildman–Crippen MR) is 64.5 cm³/mol. The summed E-state index contributed by atoms with van der Waals surface area (Å²) in [5.41, 5.74) is 1.06. The van der Waals surface area contributed by atoms with Gasteiger partial charge in [-0.2, -0.15) is 5.26 Å². The van der Waals surface area contributed by atoms with Crippen molar-refractivity contribution in [3.05, 3.63) is 23.8 Å². The van der Waals surface area contributed by atoms with Crippen LogP contribution in [0.1, 0.15) is 12.0 Å². The third-order valence-electron chi connectivity index (χ3n) is 2.27. The lowest BCUT2D eigenvalue weighted by Gasteiger charge is -2.13. The van der Waals surface area contributed by atoms with Crippen molar-refractivity contribution < 1.29 is 19.7 Å². The van der Waals surface area contributed by atoms with Crippen molar-refractivity contribution in [1.82, 2.24) is 0 Å². The van der Waals surface area contributed by atoms with Crippen molar-refractivity contribution in [3.8, 4) is 11.8 Å². The van der Waals surface area contributed by atoms with Crippen molar-refractivity contribution in [3.63, 3.8) is 0 Å². The largest absolute Gasteiger partial charge is 0.495 e. The molecular formula is C12H14N2O4. The van der Waals surface area contributed by atoms with E-state index in [1.807, 2.05) is 6.07 Å². The SMILES string of the molecule is COc1cc(C#N)ccc1NCC(O)CC(=O)O. The minimum Gasteiger partial charge on any atom is -0.495 e. The molecule has 0 aliphatic carbocycles.